The van der Waals surface area contributed by atoms with E-state index in [1.54, 1.807) is 7.11 Å². The molecule has 0 radical (unpaired) electrons. The first-order valence-electron chi connectivity index (χ1n) is 6.55. The van der Waals surface area contributed by atoms with Crippen LogP contribution in [-0.2, 0) is 31.0 Å². The summed E-state index contributed by atoms with van der Waals surface area (Å²) in [5, 5.41) is 10.1. The fraction of sp³-hybridized carbons (Fsp3) is 0.400. The van der Waals surface area contributed by atoms with Gasteiger partial charge in [0.1, 0.15) is 17.4 Å². The lowest BCUT2D eigenvalue weighted by Gasteiger charge is -2.05. The normalized spacial score (nSPS) is 10.8. The van der Waals surface area contributed by atoms with Crippen LogP contribution in [0.25, 0.3) is 0 Å². The van der Waals surface area contributed by atoms with Crippen molar-refractivity contribution in [3.05, 3.63) is 45.4 Å². The highest BCUT2D eigenvalue weighted by molar-refractivity contribution is 7.11. The highest BCUT2D eigenvalue weighted by Gasteiger charge is 2.10. The number of benzene rings is 1. The summed E-state index contributed by atoms with van der Waals surface area (Å²) in [4.78, 5) is 5.28. The molecule has 2 rings (SSSR count). The summed E-state index contributed by atoms with van der Waals surface area (Å²) >= 11 is 1.46. The number of nitrogens with zero attached hydrogens (tertiary/aromatic N) is 1. The Balaban J connectivity index is 2.02. The van der Waals surface area contributed by atoms with Crippen LogP contribution in [0.3, 0.4) is 0 Å². The third-order valence-electron chi connectivity index (χ3n) is 2.92. The fourth-order valence-electron chi connectivity index (χ4n) is 1.87. The third-order valence-corrected chi connectivity index (χ3v) is 3.97. The predicted molar refractivity (Wildman–Crippen MR) is 78.9 cm³/mol. The van der Waals surface area contributed by atoms with E-state index in [0.29, 0.717) is 13.2 Å². The molecule has 20 heavy (non-hydrogen) atoms. The first-order valence-corrected chi connectivity index (χ1v) is 7.37. The van der Waals surface area contributed by atoms with Crippen LogP contribution in [0, 0.1) is 0 Å². The van der Waals surface area contributed by atoms with Crippen molar-refractivity contribution in [2.24, 2.45) is 0 Å². The van der Waals surface area contributed by atoms with Gasteiger partial charge in [-0.15, -0.1) is 11.3 Å². The highest BCUT2D eigenvalue weighted by atomic mass is 32.1. The van der Waals surface area contributed by atoms with E-state index in [1.807, 2.05) is 18.2 Å². The molecule has 0 fully saturated rings. The number of rotatable bonds is 7. The van der Waals surface area contributed by atoms with E-state index in [0.717, 1.165) is 27.7 Å². The van der Waals surface area contributed by atoms with Crippen molar-refractivity contribution in [1.29, 1.82) is 0 Å². The van der Waals surface area contributed by atoms with Gasteiger partial charge in [0, 0.05) is 7.11 Å². The molecule has 5 heteroatoms. The van der Waals surface area contributed by atoms with E-state index in [1.165, 1.54) is 16.9 Å². The smallest absolute Gasteiger partial charge is 0.140 e. The zero-order valence-electron chi connectivity index (χ0n) is 11.8. The maximum absolute atomic E-state index is 9.29. The minimum absolute atomic E-state index is 0.0122. The maximum Gasteiger partial charge on any atom is 0.140 e. The van der Waals surface area contributed by atoms with Gasteiger partial charge in [-0.25, -0.2) is 4.98 Å². The number of thiazole rings is 1. The molecule has 0 amide bonds. The molecule has 1 aromatic heterocycles. The number of methoxy groups -OCH3 is 1. The molecule has 0 aliphatic rings. The van der Waals surface area contributed by atoms with Gasteiger partial charge in [-0.3, -0.25) is 0 Å². The molecule has 0 bridgehead atoms. The van der Waals surface area contributed by atoms with Crippen molar-refractivity contribution in [2.75, 3.05) is 7.11 Å². The number of aromatic nitrogens is 1. The Morgan fingerprint density at radius 3 is 2.85 bits per heavy atom. The average Bonchev–Trinajstić information content (AvgIpc) is 2.88. The lowest BCUT2D eigenvalue weighted by Crippen LogP contribution is -1.97. The Bertz CT molecular complexity index is 554. The Labute approximate surface area is 123 Å². The largest absolute Gasteiger partial charge is 0.486 e. The molecular weight excluding hydrogens is 274 g/mol. The number of aliphatic hydroxyl groups excluding tert-OH is 1. The molecule has 0 atom stereocenters. The Morgan fingerprint density at radius 1 is 1.30 bits per heavy atom. The lowest BCUT2D eigenvalue weighted by molar-refractivity contribution is 0.178. The van der Waals surface area contributed by atoms with Gasteiger partial charge in [0.15, 0.2) is 0 Å². The molecule has 1 aromatic carbocycles. The zero-order chi connectivity index (χ0) is 14.4. The van der Waals surface area contributed by atoms with E-state index < -0.39 is 0 Å². The van der Waals surface area contributed by atoms with Crippen molar-refractivity contribution in [3.63, 3.8) is 0 Å². The van der Waals surface area contributed by atoms with Gasteiger partial charge in [-0.2, -0.15) is 0 Å². The number of aryl methyl sites for hydroxylation is 1. The van der Waals surface area contributed by atoms with E-state index in [-0.39, 0.29) is 6.61 Å². The topological polar surface area (TPSA) is 51.6 Å². The van der Waals surface area contributed by atoms with Crippen molar-refractivity contribution < 1.29 is 14.6 Å². The van der Waals surface area contributed by atoms with Crippen LogP contribution in [-0.4, -0.2) is 17.2 Å². The Morgan fingerprint density at radius 2 is 2.15 bits per heavy atom. The molecule has 0 unspecified atom stereocenters. The SMILES string of the molecule is CCc1cccc(OCc2nc(COC)c(CO)s2)c1. The maximum atomic E-state index is 9.29. The highest BCUT2D eigenvalue weighted by Crippen LogP contribution is 2.22. The minimum atomic E-state index is -0.0122. The zero-order valence-corrected chi connectivity index (χ0v) is 12.6. The first kappa shape index (κ1) is 15.0. The molecule has 1 heterocycles. The van der Waals surface area contributed by atoms with Crippen LogP contribution in [0.15, 0.2) is 24.3 Å². The second kappa shape index (κ2) is 7.38. The quantitative estimate of drug-likeness (QED) is 0.853. The number of aliphatic hydroxyl groups is 1. The monoisotopic (exact) mass is 293 g/mol. The summed E-state index contributed by atoms with van der Waals surface area (Å²) in [6.45, 7) is 2.93. The molecule has 0 spiro atoms. The van der Waals surface area contributed by atoms with E-state index >= 15 is 0 Å². The molecule has 0 aliphatic heterocycles. The third kappa shape index (κ3) is 3.79. The van der Waals surface area contributed by atoms with Crippen molar-refractivity contribution in [1.82, 2.24) is 4.98 Å². The summed E-state index contributed by atoms with van der Waals surface area (Å²) in [6.07, 6.45) is 0.987. The van der Waals surface area contributed by atoms with Gasteiger partial charge in [0.25, 0.3) is 0 Å². The molecule has 1 N–H and O–H groups in total. The summed E-state index contributed by atoms with van der Waals surface area (Å²) in [6, 6.07) is 8.05. The second-order valence-electron chi connectivity index (χ2n) is 4.36. The van der Waals surface area contributed by atoms with E-state index in [2.05, 4.69) is 18.0 Å². The van der Waals surface area contributed by atoms with Crippen LogP contribution in [0.5, 0.6) is 5.75 Å². The fourth-order valence-corrected chi connectivity index (χ4v) is 2.72. The molecule has 4 nitrogen and oxygen atoms in total. The summed E-state index contributed by atoms with van der Waals surface area (Å²) in [7, 11) is 1.62. The van der Waals surface area contributed by atoms with Crippen molar-refractivity contribution >= 4 is 11.3 Å². The second-order valence-corrected chi connectivity index (χ2v) is 5.53. The Hall–Kier alpha value is -1.43. The van der Waals surface area contributed by atoms with Crippen LogP contribution >= 0.6 is 11.3 Å². The summed E-state index contributed by atoms with van der Waals surface area (Å²) < 4.78 is 10.8. The molecule has 2 aromatic rings. The number of hydrogen-bond acceptors (Lipinski definition) is 5. The van der Waals surface area contributed by atoms with Gasteiger partial charge in [-0.1, -0.05) is 19.1 Å². The molecule has 108 valence electrons. The van der Waals surface area contributed by atoms with Crippen LogP contribution in [0.4, 0.5) is 0 Å². The summed E-state index contributed by atoms with van der Waals surface area (Å²) in [5.41, 5.74) is 2.04. The summed E-state index contributed by atoms with van der Waals surface area (Å²) in [5.74, 6) is 0.846. The molecule has 0 saturated carbocycles. The van der Waals surface area contributed by atoms with Crippen LogP contribution < -0.4 is 4.74 Å². The van der Waals surface area contributed by atoms with Crippen molar-refractivity contribution in [3.8, 4) is 5.75 Å². The number of ether oxygens (including phenoxy) is 2. The predicted octanol–water partition coefficient (Wildman–Crippen LogP) is 2.92. The van der Waals surface area contributed by atoms with Crippen LogP contribution in [0.1, 0.15) is 28.1 Å². The van der Waals surface area contributed by atoms with Gasteiger partial charge in [-0.05, 0) is 24.1 Å². The minimum Gasteiger partial charge on any atom is -0.486 e. The van der Waals surface area contributed by atoms with Gasteiger partial charge >= 0.3 is 0 Å². The van der Waals surface area contributed by atoms with Crippen LogP contribution in [0.2, 0.25) is 0 Å². The Kier molecular flexibility index (Phi) is 5.52. The molecule has 0 saturated heterocycles. The van der Waals surface area contributed by atoms with E-state index in [9.17, 15) is 5.11 Å². The molecular formula is C15H19NO3S. The van der Waals surface area contributed by atoms with Gasteiger partial charge in [0.05, 0.1) is 23.8 Å². The average molecular weight is 293 g/mol. The van der Waals surface area contributed by atoms with E-state index in [4.69, 9.17) is 9.47 Å². The number of hydrogen-bond donors (Lipinski definition) is 1. The first-order chi connectivity index (χ1) is 9.76. The van der Waals surface area contributed by atoms with Gasteiger partial charge in [0.2, 0.25) is 0 Å². The van der Waals surface area contributed by atoms with Gasteiger partial charge < -0.3 is 14.6 Å². The standard InChI is InChI=1S/C15H19NO3S/c1-3-11-5-4-6-12(7-11)19-10-15-16-13(9-18-2)14(8-17)20-15/h4-7,17H,3,8-10H2,1-2H3. The van der Waals surface area contributed by atoms with Crippen molar-refractivity contribution in [2.45, 2.75) is 33.2 Å². The molecule has 0 aliphatic carbocycles. The lowest BCUT2D eigenvalue weighted by atomic mass is 10.2.